The molecule has 0 aliphatic rings. The molecule has 0 unspecified atom stereocenters. The minimum Gasteiger partial charge on any atom is -0.502 e. The van der Waals surface area contributed by atoms with Gasteiger partial charge in [-0.2, -0.15) is 0 Å². The first kappa shape index (κ1) is 15.2. The molecule has 5 nitrogen and oxygen atoms in total. The van der Waals surface area contributed by atoms with Crippen molar-refractivity contribution >= 4 is 0 Å². The van der Waals surface area contributed by atoms with Crippen molar-refractivity contribution in [3.8, 4) is 17.2 Å². The lowest BCUT2D eigenvalue weighted by Gasteiger charge is -2.11. The van der Waals surface area contributed by atoms with Crippen molar-refractivity contribution in [1.82, 2.24) is 5.32 Å². The summed E-state index contributed by atoms with van der Waals surface area (Å²) in [6.07, 6.45) is 2.34. The summed E-state index contributed by atoms with van der Waals surface area (Å²) in [5.41, 5.74) is 0.983. The van der Waals surface area contributed by atoms with Gasteiger partial charge in [-0.25, -0.2) is 0 Å². The summed E-state index contributed by atoms with van der Waals surface area (Å²) in [6.45, 7) is 5.63. The van der Waals surface area contributed by atoms with Crippen LogP contribution in [0.25, 0.3) is 0 Å². The van der Waals surface area contributed by atoms with Crippen LogP contribution in [0.5, 0.6) is 17.2 Å². The quantitative estimate of drug-likeness (QED) is 0.529. The second kappa shape index (κ2) is 8.26. The van der Waals surface area contributed by atoms with Crippen molar-refractivity contribution in [2.24, 2.45) is 0 Å². The molecule has 0 saturated carbocycles. The van der Waals surface area contributed by atoms with E-state index in [1.807, 2.05) is 0 Å². The Morgan fingerprint density at radius 1 is 1.26 bits per heavy atom. The average molecular weight is 267 g/mol. The molecule has 1 aromatic carbocycles. The molecule has 0 atom stereocenters. The van der Waals surface area contributed by atoms with Crippen LogP contribution >= 0.6 is 0 Å². The number of aromatic hydroxyl groups is 1. The van der Waals surface area contributed by atoms with Crippen LogP contribution in [0.1, 0.15) is 12.0 Å². The lowest BCUT2D eigenvalue weighted by Crippen LogP contribution is -2.16. The molecule has 0 aliphatic carbocycles. The van der Waals surface area contributed by atoms with Crippen molar-refractivity contribution in [1.29, 1.82) is 0 Å². The Labute approximate surface area is 113 Å². The van der Waals surface area contributed by atoms with Gasteiger partial charge in [-0.3, -0.25) is 0 Å². The minimum atomic E-state index is 0.0214. The normalized spacial score (nSPS) is 10.0. The molecule has 5 heteroatoms. The molecule has 0 heterocycles. The molecule has 0 bridgehead atoms. The van der Waals surface area contributed by atoms with Crippen molar-refractivity contribution in [2.45, 2.75) is 13.0 Å². The minimum absolute atomic E-state index is 0.0214. The highest BCUT2D eigenvalue weighted by Gasteiger charge is 2.10. The van der Waals surface area contributed by atoms with E-state index in [1.165, 1.54) is 20.5 Å². The van der Waals surface area contributed by atoms with Gasteiger partial charge in [0.15, 0.2) is 11.5 Å². The summed E-state index contributed by atoms with van der Waals surface area (Å²) in [4.78, 5) is 0. The first-order valence-corrected chi connectivity index (χ1v) is 6.10. The molecule has 19 heavy (non-hydrogen) atoms. The molecule has 0 aliphatic heterocycles. The Balaban J connectivity index is 2.51. The van der Waals surface area contributed by atoms with E-state index in [9.17, 15) is 5.11 Å². The maximum atomic E-state index is 9.79. The van der Waals surface area contributed by atoms with Gasteiger partial charge >= 0.3 is 0 Å². The van der Waals surface area contributed by atoms with Crippen molar-refractivity contribution in [3.05, 3.63) is 30.5 Å². The molecule has 1 rings (SSSR count). The van der Waals surface area contributed by atoms with E-state index < -0.39 is 0 Å². The number of phenols is 1. The Kier molecular flexibility index (Phi) is 6.60. The molecule has 0 fully saturated rings. The fourth-order valence-electron chi connectivity index (χ4n) is 1.65. The van der Waals surface area contributed by atoms with Gasteiger partial charge < -0.3 is 24.6 Å². The number of rotatable bonds is 9. The summed E-state index contributed by atoms with van der Waals surface area (Å²) < 4.78 is 15.2. The molecular formula is C14H21NO4. The molecule has 1 aromatic rings. The third-order valence-electron chi connectivity index (χ3n) is 2.60. The van der Waals surface area contributed by atoms with Crippen LogP contribution in [0.4, 0.5) is 0 Å². The Morgan fingerprint density at radius 3 is 2.42 bits per heavy atom. The zero-order chi connectivity index (χ0) is 14.1. The number of hydrogen-bond donors (Lipinski definition) is 2. The molecule has 2 N–H and O–H groups in total. The molecule has 106 valence electrons. The summed E-state index contributed by atoms with van der Waals surface area (Å²) in [7, 11) is 3.02. The number of nitrogens with one attached hydrogen (secondary N) is 1. The largest absolute Gasteiger partial charge is 0.502 e. The van der Waals surface area contributed by atoms with Gasteiger partial charge in [0, 0.05) is 6.54 Å². The topological polar surface area (TPSA) is 60.0 Å². The van der Waals surface area contributed by atoms with E-state index in [2.05, 4.69) is 11.9 Å². The monoisotopic (exact) mass is 267 g/mol. The third-order valence-corrected chi connectivity index (χ3v) is 2.60. The number of ether oxygens (including phenoxy) is 3. The SMILES string of the molecule is C=COCCCNCc1cc(OC)c(O)c(OC)c1. The van der Waals surface area contributed by atoms with Gasteiger partial charge in [0.05, 0.1) is 27.1 Å². The lowest BCUT2D eigenvalue weighted by atomic mass is 10.2. The summed E-state index contributed by atoms with van der Waals surface area (Å²) >= 11 is 0. The van der Waals surface area contributed by atoms with Gasteiger partial charge in [0.25, 0.3) is 0 Å². The number of hydrogen-bond acceptors (Lipinski definition) is 5. The van der Waals surface area contributed by atoms with Gasteiger partial charge in [0.1, 0.15) is 0 Å². The molecule has 0 saturated heterocycles. The average Bonchev–Trinajstić information content (AvgIpc) is 2.44. The number of methoxy groups -OCH3 is 2. The Morgan fingerprint density at radius 2 is 1.89 bits per heavy atom. The van der Waals surface area contributed by atoms with Gasteiger partial charge in [-0.05, 0) is 30.7 Å². The zero-order valence-electron chi connectivity index (χ0n) is 11.4. The van der Waals surface area contributed by atoms with Crippen molar-refractivity contribution in [2.75, 3.05) is 27.4 Å². The number of phenolic OH excluding ortho intramolecular Hbond substituents is 1. The van der Waals surface area contributed by atoms with E-state index in [1.54, 1.807) is 12.1 Å². The lowest BCUT2D eigenvalue weighted by molar-refractivity contribution is 0.244. The van der Waals surface area contributed by atoms with E-state index in [0.29, 0.717) is 24.7 Å². The highest BCUT2D eigenvalue weighted by molar-refractivity contribution is 5.52. The molecule has 0 radical (unpaired) electrons. The van der Waals surface area contributed by atoms with Crippen molar-refractivity contribution < 1.29 is 19.3 Å². The Bertz CT molecular complexity index is 381. The highest BCUT2D eigenvalue weighted by atomic mass is 16.5. The van der Waals surface area contributed by atoms with E-state index in [0.717, 1.165) is 18.5 Å². The molecule has 0 amide bonds. The van der Waals surface area contributed by atoms with Crippen LogP contribution in [0.15, 0.2) is 25.0 Å². The van der Waals surface area contributed by atoms with Crippen LogP contribution in [0, 0.1) is 0 Å². The fraction of sp³-hybridized carbons (Fsp3) is 0.429. The molecule has 0 spiro atoms. The third kappa shape index (κ3) is 4.71. The molecule has 0 aromatic heterocycles. The van der Waals surface area contributed by atoms with Crippen LogP contribution in [-0.4, -0.2) is 32.5 Å². The summed E-state index contributed by atoms with van der Waals surface area (Å²) in [6, 6.07) is 3.57. The van der Waals surface area contributed by atoms with Gasteiger partial charge in [-0.1, -0.05) is 6.58 Å². The second-order valence-electron chi connectivity index (χ2n) is 3.92. The van der Waals surface area contributed by atoms with Crippen LogP contribution in [-0.2, 0) is 11.3 Å². The highest BCUT2D eigenvalue weighted by Crippen LogP contribution is 2.36. The second-order valence-corrected chi connectivity index (χ2v) is 3.92. The van der Waals surface area contributed by atoms with E-state index in [-0.39, 0.29) is 5.75 Å². The maximum Gasteiger partial charge on any atom is 0.200 e. The predicted octanol–water partition coefficient (Wildman–Crippen LogP) is 2.05. The summed E-state index contributed by atoms with van der Waals surface area (Å²) in [5.74, 6) is 0.838. The zero-order valence-corrected chi connectivity index (χ0v) is 11.4. The van der Waals surface area contributed by atoms with E-state index >= 15 is 0 Å². The standard InChI is InChI=1S/C14H21NO4/c1-4-19-7-5-6-15-10-11-8-12(17-2)14(16)13(9-11)18-3/h4,8-9,15-16H,1,5-7,10H2,2-3H3. The first-order valence-electron chi connectivity index (χ1n) is 6.10. The summed E-state index contributed by atoms with van der Waals surface area (Å²) in [5, 5.41) is 13.1. The van der Waals surface area contributed by atoms with E-state index in [4.69, 9.17) is 14.2 Å². The number of benzene rings is 1. The van der Waals surface area contributed by atoms with Crippen LogP contribution in [0.3, 0.4) is 0 Å². The Hall–Kier alpha value is -1.88. The molecular weight excluding hydrogens is 246 g/mol. The smallest absolute Gasteiger partial charge is 0.200 e. The first-order chi connectivity index (χ1) is 9.22. The van der Waals surface area contributed by atoms with Crippen LogP contribution < -0.4 is 14.8 Å². The van der Waals surface area contributed by atoms with Crippen molar-refractivity contribution in [3.63, 3.8) is 0 Å². The fourth-order valence-corrected chi connectivity index (χ4v) is 1.65. The maximum absolute atomic E-state index is 9.79. The predicted molar refractivity (Wildman–Crippen MR) is 73.7 cm³/mol. The van der Waals surface area contributed by atoms with Gasteiger partial charge in [0.2, 0.25) is 5.75 Å². The van der Waals surface area contributed by atoms with Gasteiger partial charge in [-0.15, -0.1) is 0 Å². The van der Waals surface area contributed by atoms with Crippen LogP contribution in [0.2, 0.25) is 0 Å².